The lowest BCUT2D eigenvalue weighted by atomic mass is 10.0. The Hall–Kier alpha value is -2.62. The smallest absolute Gasteiger partial charge is 0.267 e. The first-order valence-corrected chi connectivity index (χ1v) is 8.76. The minimum absolute atomic E-state index is 0.274. The lowest BCUT2D eigenvalue weighted by Gasteiger charge is -2.06. The molecule has 26 heavy (non-hydrogen) atoms. The van der Waals surface area contributed by atoms with Gasteiger partial charge in [0.2, 0.25) is 0 Å². The van der Waals surface area contributed by atoms with Gasteiger partial charge in [0.1, 0.15) is 0 Å². The zero-order chi connectivity index (χ0) is 18.5. The average molecular weight is 383 g/mol. The fourth-order valence-corrected chi connectivity index (χ4v) is 2.73. The van der Waals surface area contributed by atoms with Crippen LogP contribution in [0.5, 0.6) is 0 Å². The molecule has 0 spiro atoms. The van der Waals surface area contributed by atoms with Crippen molar-refractivity contribution in [2.75, 3.05) is 0 Å². The van der Waals surface area contributed by atoms with Gasteiger partial charge in [-0.2, -0.15) is 5.10 Å². The molecule has 3 nitrogen and oxygen atoms in total. The molecule has 3 aromatic rings. The highest BCUT2D eigenvalue weighted by molar-refractivity contribution is 6.42. The third kappa shape index (κ3) is 4.31. The molecule has 0 aliphatic rings. The Bertz CT molecular complexity index is 952. The Balaban J connectivity index is 1.70. The fourth-order valence-electron chi connectivity index (χ4n) is 2.43. The van der Waals surface area contributed by atoms with Gasteiger partial charge in [0.05, 0.1) is 15.8 Å². The Morgan fingerprint density at radius 3 is 2.08 bits per heavy atom. The van der Waals surface area contributed by atoms with Crippen LogP contribution < -0.4 is 5.43 Å². The van der Waals surface area contributed by atoms with Crippen molar-refractivity contribution in [3.8, 4) is 11.1 Å². The molecule has 5 heteroatoms. The van der Waals surface area contributed by atoms with Gasteiger partial charge < -0.3 is 0 Å². The van der Waals surface area contributed by atoms with E-state index in [1.54, 1.807) is 37.3 Å². The summed E-state index contributed by atoms with van der Waals surface area (Å²) in [4.78, 5) is 12.3. The summed E-state index contributed by atoms with van der Waals surface area (Å²) in [5.74, 6) is -0.274. The van der Waals surface area contributed by atoms with Gasteiger partial charge in [0.25, 0.3) is 5.91 Å². The number of hydrogen-bond donors (Lipinski definition) is 1. The summed E-state index contributed by atoms with van der Waals surface area (Å²) in [6.07, 6.45) is 0. The van der Waals surface area contributed by atoms with E-state index in [1.165, 1.54) is 0 Å². The SMILES string of the molecule is C/C(=N\NC(=O)c1ccc(-c2ccccc2)cc1)c1ccc(Cl)c(Cl)c1. The molecule has 1 amide bonds. The molecule has 130 valence electrons. The number of amides is 1. The summed E-state index contributed by atoms with van der Waals surface area (Å²) >= 11 is 11.9. The molecule has 0 bridgehead atoms. The van der Waals surface area contributed by atoms with E-state index in [4.69, 9.17) is 23.2 Å². The molecule has 0 radical (unpaired) electrons. The molecule has 3 rings (SSSR count). The van der Waals surface area contributed by atoms with Crippen molar-refractivity contribution in [1.82, 2.24) is 5.43 Å². The first-order chi connectivity index (χ1) is 12.5. The third-order valence-electron chi connectivity index (χ3n) is 3.92. The van der Waals surface area contributed by atoms with Gasteiger partial charge in [-0.15, -0.1) is 0 Å². The molecule has 1 N–H and O–H groups in total. The second-order valence-corrected chi connectivity index (χ2v) is 6.52. The Morgan fingerprint density at radius 2 is 1.42 bits per heavy atom. The minimum Gasteiger partial charge on any atom is -0.267 e. The fraction of sp³-hybridized carbons (Fsp3) is 0.0476. The highest BCUT2D eigenvalue weighted by Gasteiger charge is 2.07. The van der Waals surface area contributed by atoms with Gasteiger partial charge in [0.15, 0.2) is 0 Å². The topological polar surface area (TPSA) is 41.5 Å². The highest BCUT2D eigenvalue weighted by atomic mass is 35.5. The van der Waals surface area contributed by atoms with E-state index in [9.17, 15) is 4.79 Å². The summed E-state index contributed by atoms with van der Waals surface area (Å²) in [6, 6.07) is 22.6. The number of hydrazone groups is 1. The van der Waals surface area contributed by atoms with Crippen LogP contribution in [0.4, 0.5) is 0 Å². The number of carbonyl (C=O) groups excluding carboxylic acids is 1. The van der Waals surface area contributed by atoms with E-state index in [2.05, 4.69) is 10.5 Å². The van der Waals surface area contributed by atoms with Gasteiger partial charge in [-0.25, -0.2) is 5.43 Å². The zero-order valence-corrected chi connectivity index (χ0v) is 15.6. The van der Waals surface area contributed by atoms with Crippen LogP contribution in [-0.2, 0) is 0 Å². The van der Waals surface area contributed by atoms with E-state index < -0.39 is 0 Å². The maximum absolute atomic E-state index is 12.3. The minimum atomic E-state index is -0.274. The van der Waals surface area contributed by atoms with E-state index in [0.29, 0.717) is 21.3 Å². The number of hydrogen-bond acceptors (Lipinski definition) is 2. The lowest BCUT2D eigenvalue weighted by molar-refractivity contribution is 0.0955. The number of carbonyl (C=O) groups is 1. The van der Waals surface area contributed by atoms with Crippen LogP contribution in [0.25, 0.3) is 11.1 Å². The molecular weight excluding hydrogens is 367 g/mol. The number of rotatable bonds is 4. The first kappa shape index (κ1) is 18.2. The van der Waals surface area contributed by atoms with Crippen molar-refractivity contribution in [1.29, 1.82) is 0 Å². The van der Waals surface area contributed by atoms with Crippen molar-refractivity contribution in [2.24, 2.45) is 5.10 Å². The molecule has 0 saturated heterocycles. The van der Waals surface area contributed by atoms with Crippen LogP contribution >= 0.6 is 23.2 Å². The van der Waals surface area contributed by atoms with Crippen molar-refractivity contribution < 1.29 is 4.79 Å². The molecular formula is C21H16Cl2N2O. The van der Waals surface area contributed by atoms with Crippen LogP contribution in [-0.4, -0.2) is 11.6 Å². The summed E-state index contributed by atoms with van der Waals surface area (Å²) in [6.45, 7) is 1.79. The molecule has 0 fully saturated rings. The molecule has 0 heterocycles. The molecule has 0 unspecified atom stereocenters. The summed E-state index contributed by atoms with van der Waals surface area (Å²) < 4.78 is 0. The van der Waals surface area contributed by atoms with Crippen LogP contribution in [0, 0.1) is 0 Å². The molecule has 0 atom stereocenters. The molecule has 3 aromatic carbocycles. The molecule has 0 aliphatic heterocycles. The van der Waals surface area contributed by atoms with E-state index in [-0.39, 0.29) is 5.91 Å². The van der Waals surface area contributed by atoms with Crippen LogP contribution in [0.1, 0.15) is 22.8 Å². The van der Waals surface area contributed by atoms with Crippen molar-refractivity contribution in [3.05, 3.63) is 94.0 Å². The largest absolute Gasteiger partial charge is 0.271 e. The Labute approximate surface area is 162 Å². The maximum Gasteiger partial charge on any atom is 0.271 e. The van der Waals surface area contributed by atoms with Gasteiger partial charge in [-0.1, -0.05) is 71.7 Å². The quantitative estimate of drug-likeness (QED) is 0.448. The van der Waals surface area contributed by atoms with Gasteiger partial charge >= 0.3 is 0 Å². The van der Waals surface area contributed by atoms with Crippen molar-refractivity contribution in [2.45, 2.75) is 6.92 Å². The monoisotopic (exact) mass is 382 g/mol. The van der Waals surface area contributed by atoms with E-state index >= 15 is 0 Å². The second-order valence-electron chi connectivity index (χ2n) is 5.71. The normalized spacial score (nSPS) is 11.3. The average Bonchev–Trinajstić information content (AvgIpc) is 2.68. The van der Waals surface area contributed by atoms with Crippen LogP contribution in [0.3, 0.4) is 0 Å². The number of nitrogens with one attached hydrogen (secondary N) is 1. The molecule has 0 aliphatic carbocycles. The van der Waals surface area contributed by atoms with Gasteiger partial charge in [-0.05, 0) is 47.9 Å². The Kier molecular flexibility index (Phi) is 5.71. The van der Waals surface area contributed by atoms with Gasteiger partial charge in [-0.3, -0.25) is 4.79 Å². The predicted molar refractivity (Wildman–Crippen MR) is 108 cm³/mol. The predicted octanol–water partition coefficient (Wildman–Crippen LogP) is 5.81. The van der Waals surface area contributed by atoms with Crippen molar-refractivity contribution >= 4 is 34.8 Å². The second kappa shape index (κ2) is 8.17. The third-order valence-corrected chi connectivity index (χ3v) is 4.66. The van der Waals surface area contributed by atoms with E-state index in [0.717, 1.165) is 16.7 Å². The van der Waals surface area contributed by atoms with Crippen LogP contribution in [0.2, 0.25) is 10.0 Å². The lowest BCUT2D eigenvalue weighted by Crippen LogP contribution is -2.19. The number of nitrogens with zero attached hydrogens (tertiary/aromatic N) is 1. The number of halogens is 2. The molecule has 0 saturated carbocycles. The van der Waals surface area contributed by atoms with Crippen molar-refractivity contribution in [3.63, 3.8) is 0 Å². The van der Waals surface area contributed by atoms with E-state index in [1.807, 2.05) is 42.5 Å². The standard InChI is InChI=1S/C21H16Cl2N2O/c1-14(18-11-12-19(22)20(23)13-18)24-25-21(26)17-9-7-16(8-10-17)15-5-3-2-4-6-15/h2-13H,1H3,(H,25,26)/b24-14+. The summed E-state index contributed by atoms with van der Waals surface area (Å²) in [7, 11) is 0. The highest BCUT2D eigenvalue weighted by Crippen LogP contribution is 2.23. The van der Waals surface area contributed by atoms with Gasteiger partial charge in [0, 0.05) is 5.56 Å². The maximum atomic E-state index is 12.3. The zero-order valence-electron chi connectivity index (χ0n) is 14.0. The Morgan fingerprint density at radius 1 is 0.808 bits per heavy atom. The van der Waals surface area contributed by atoms with Crippen LogP contribution in [0.15, 0.2) is 77.9 Å². The molecule has 0 aromatic heterocycles. The summed E-state index contributed by atoms with van der Waals surface area (Å²) in [5, 5.41) is 5.06. The first-order valence-electron chi connectivity index (χ1n) is 8.00. The number of benzene rings is 3. The summed E-state index contributed by atoms with van der Waals surface area (Å²) in [5.41, 5.74) is 6.69.